The van der Waals surface area contributed by atoms with E-state index in [1.807, 2.05) is 18.9 Å². The van der Waals surface area contributed by atoms with Crippen LogP contribution in [0.2, 0.25) is 0 Å². The van der Waals surface area contributed by atoms with E-state index >= 15 is 0 Å². The lowest BCUT2D eigenvalue weighted by atomic mass is 9.94. The average molecular weight is 222 g/mol. The average Bonchev–Trinajstić information content (AvgIpc) is 2.44. The Kier molecular flexibility index (Phi) is 2.68. The molecule has 1 N–H and O–H groups in total. The van der Waals surface area contributed by atoms with E-state index in [4.69, 9.17) is 0 Å². The largest absolute Gasteiger partial charge is 0.288 e. The van der Waals surface area contributed by atoms with Gasteiger partial charge in [0.2, 0.25) is 5.91 Å². The lowest BCUT2D eigenvalue weighted by Crippen LogP contribution is -2.32. The fourth-order valence-corrected chi connectivity index (χ4v) is 1.79. The Bertz CT molecular complexity index is 400. The van der Waals surface area contributed by atoms with Crippen molar-refractivity contribution in [3.8, 4) is 0 Å². The van der Waals surface area contributed by atoms with Gasteiger partial charge in [0.15, 0.2) is 0 Å². The minimum Gasteiger partial charge on any atom is -0.288 e. The molecule has 1 aliphatic heterocycles. The van der Waals surface area contributed by atoms with Crippen LogP contribution in [0.5, 0.6) is 0 Å². The molecule has 0 bridgehead atoms. The summed E-state index contributed by atoms with van der Waals surface area (Å²) in [5.41, 5.74) is 3.45. The first kappa shape index (κ1) is 11.1. The van der Waals surface area contributed by atoms with Gasteiger partial charge in [-0.1, -0.05) is 12.1 Å². The summed E-state index contributed by atoms with van der Waals surface area (Å²) in [7, 11) is 0. The van der Waals surface area contributed by atoms with E-state index in [2.05, 4.69) is 5.43 Å². The van der Waals surface area contributed by atoms with Crippen molar-refractivity contribution in [2.75, 3.05) is 6.54 Å². The molecule has 0 spiro atoms. The maximum Gasteiger partial charge on any atom is 0.241 e. The summed E-state index contributed by atoms with van der Waals surface area (Å²) in [4.78, 5) is 11.5. The number of nitrogens with one attached hydrogen (secondary N) is 1. The van der Waals surface area contributed by atoms with Crippen LogP contribution in [-0.2, 0) is 11.3 Å². The van der Waals surface area contributed by atoms with Crippen LogP contribution in [0.4, 0.5) is 4.39 Å². The van der Waals surface area contributed by atoms with Gasteiger partial charge in [0.1, 0.15) is 5.82 Å². The number of benzene rings is 1. The van der Waals surface area contributed by atoms with Crippen LogP contribution in [0.3, 0.4) is 0 Å². The van der Waals surface area contributed by atoms with Gasteiger partial charge in [0, 0.05) is 13.1 Å². The van der Waals surface area contributed by atoms with Gasteiger partial charge < -0.3 is 0 Å². The summed E-state index contributed by atoms with van der Waals surface area (Å²) in [6, 6.07) is 6.32. The van der Waals surface area contributed by atoms with Crippen LogP contribution in [0.1, 0.15) is 19.4 Å². The normalized spacial score (nSPS) is 19.8. The molecule has 0 saturated carbocycles. The highest BCUT2D eigenvalue weighted by atomic mass is 19.1. The molecule has 2 rings (SSSR count). The van der Waals surface area contributed by atoms with Crippen molar-refractivity contribution in [2.45, 2.75) is 20.4 Å². The summed E-state index contributed by atoms with van der Waals surface area (Å²) in [5, 5.41) is 1.86. The zero-order valence-corrected chi connectivity index (χ0v) is 9.46. The molecule has 16 heavy (non-hydrogen) atoms. The van der Waals surface area contributed by atoms with Crippen LogP contribution in [0.25, 0.3) is 0 Å². The molecule has 0 atom stereocenters. The Labute approximate surface area is 94.2 Å². The molecule has 3 nitrogen and oxygen atoms in total. The topological polar surface area (TPSA) is 32.3 Å². The Morgan fingerprint density at radius 1 is 1.38 bits per heavy atom. The van der Waals surface area contributed by atoms with E-state index < -0.39 is 0 Å². The number of nitrogens with zero attached hydrogens (tertiary/aromatic N) is 1. The summed E-state index contributed by atoms with van der Waals surface area (Å²) in [6.07, 6.45) is 0. The van der Waals surface area contributed by atoms with E-state index in [0.29, 0.717) is 13.1 Å². The second-order valence-corrected chi connectivity index (χ2v) is 4.81. The lowest BCUT2D eigenvalue weighted by molar-refractivity contribution is -0.126. The number of hydrogen-bond acceptors (Lipinski definition) is 2. The van der Waals surface area contributed by atoms with E-state index in [0.717, 1.165) is 5.56 Å². The highest BCUT2D eigenvalue weighted by Crippen LogP contribution is 2.23. The van der Waals surface area contributed by atoms with E-state index in [1.165, 1.54) is 12.1 Å². The SMILES string of the molecule is CC1(C)CN(Cc2ccc(F)cc2)NC1=O. The van der Waals surface area contributed by atoms with Crippen molar-refractivity contribution >= 4 is 5.91 Å². The first-order valence-electron chi connectivity index (χ1n) is 5.28. The van der Waals surface area contributed by atoms with Gasteiger partial charge in [-0.05, 0) is 31.5 Å². The standard InChI is InChI=1S/C12H15FN2O/c1-12(2)8-15(14-11(12)16)7-9-3-5-10(13)6-4-9/h3-6H,7-8H2,1-2H3,(H,14,16). The van der Waals surface area contributed by atoms with Gasteiger partial charge in [-0.2, -0.15) is 0 Å². The molecule has 1 saturated heterocycles. The van der Waals surface area contributed by atoms with Gasteiger partial charge in [0.05, 0.1) is 5.41 Å². The monoisotopic (exact) mass is 222 g/mol. The van der Waals surface area contributed by atoms with E-state index in [-0.39, 0.29) is 17.1 Å². The van der Waals surface area contributed by atoms with Crippen molar-refractivity contribution in [1.29, 1.82) is 0 Å². The number of carbonyl (C=O) groups excluding carboxylic acids is 1. The number of halogens is 1. The van der Waals surface area contributed by atoms with Crippen molar-refractivity contribution in [3.63, 3.8) is 0 Å². The van der Waals surface area contributed by atoms with Crippen molar-refractivity contribution in [1.82, 2.24) is 10.4 Å². The maximum atomic E-state index is 12.7. The highest BCUT2D eigenvalue weighted by Gasteiger charge is 2.37. The number of hydrazine groups is 1. The summed E-state index contributed by atoms with van der Waals surface area (Å²) >= 11 is 0. The Morgan fingerprint density at radius 2 is 2.00 bits per heavy atom. The fourth-order valence-electron chi connectivity index (χ4n) is 1.79. The second kappa shape index (κ2) is 3.87. The third-order valence-corrected chi connectivity index (χ3v) is 2.75. The van der Waals surface area contributed by atoms with Gasteiger partial charge in [-0.25, -0.2) is 9.40 Å². The van der Waals surface area contributed by atoms with Crippen molar-refractivity contribution in [3.05, 3.63) is 35.6 Å². The van der Waals surface area contributed by atoms with Crippen LogP contribution in [0.15, 0.2) is 24.3 Å². The summed E-state index contributed by atoms with van der Waals surface area (Å²) in [5.74, 6) is -0.204. The lowest BCUT2D eigenvalue weighted by Gasteiger charge is -2.16. The van der Waals surface area contributed by atoms with Crippen molar-refractivity contribution in [2.24, 2.45) is 5.41 Å². The van der Waals surface area contributed by atoms with Gasteiger partial charge >= 0.3 is 0 Å². The molecule has 1 aromatic rings. The predicted molar refractivity (Wildman–Crippen MR) is 58.7 cm³/mol. The molecule has 1 aliphatic rings. The summed E-state index contributed by atoms with van der Waals surface area (Å²) in [6.45, 7) is 5.10. The number of hydrogen-bond donors (Lipinski definition) is 1. The second-order valence-electron chi connectivity index (χ2n) is 4.81. The third-order valence-electron chi connectivity index (χ3n) is 2.75. The number of carbonyl (C=O) groups is 1. The number of amides is 1. The minimum atomic E-state index is -0.347. The zero-order valence-electron chi connectivity index (χ0n) is 9.46. The Hall–Kier alpha value is -1.42. The third kappa shape index (κ3) is 2.22. The van der Waals surface area contributed by atoms with Crippen LogP contribution in [0, 0.1) is 11.2 Å². The van der Waals surface area contributed by atoms with Crippen LogP contribution in [-0.4, -0.2) is 17.5 Å². The molecule has 1 aromatic carbocycles. The van der Waals surface area contributed by atoms with Crippen LogP contribution < -0.4 is 5.43 Å². The molecule has 0 unspecified atom stereocenters. The molecule has 86 valence electrons. The van der Waals surface area contributed by atoms with Gasteiger partial charge in [-0.15, -0.1) is 0 Å². The number of rotatable bonds is 2. The van der Waals surface area contributed by atoms with Crippen molar-refractivity contribution < 1.29 is 9.18 Å². The molecule has 1 heterocycles. The first-order chi connectivity index (χ1) is 7.47. The molecular weight excluding hydrogens is 207 g/mol. The molecule has 0 aromatic heterocycles. The summed E-state index contributed by atoms with van der Waals surface area (Å²) < 4.78 is 12.7. The Balaban J connectivity index is 2.02. The first-order valence-corrected chi connectivity index (χ1v) is 5.28. The predicted octanol–water partition coefficient (Wildman–Crippen LogP) is 1.70. The minimum absolute atomic E-state index is 0.0367. The molecule has 4 heteroatoms. The molecule has 1 amide bonds. The van der Waals surface area contributed by atoms with E-state index in [1.54, 1.807) is 12.1 Å². The van der Waals surface area contributed by atoms with Gasteiger partial charge in [-0.3, -0.25) is 10.2 Å². The van der Waals surface area contributed by atoms with Gasteiger partial charge in [0.25, 0.3) is 0 Å². The Morgan fingerprint density at radius 3 is 2.50 bits per heavy atom. The molecule has 0 aliphatic carbocycles. The quantitative estimate of drug-likeness (QED) is 0.826. The molecule has 1 fully saturated rings. The smallest absolute Gasteiger partial charge is 0.241 e. The maximum absolute atomic E-state index is 12.7. The molecule has 0 radical (unpaired) electrons. The van der Waals surface area contributed by atoms with Crippen LogP contribution >= 0.6 is 0 Å². The zero-order chi connectivity index (χ0) is 11.8. The highest BCUT2D eigenvalue weighted by molar-refractivity contribution is 5.83. The molecular formula is C12H15FN2O. The fraction of sp³-hybridized carbons (Fsp3) is 0.417. The van der Waals surface area contributed by atoms with E-state index in [9.17, 15) is 9.18 Å².